The Kier molecular flexibility index (Phi) is 4.74. The van der Waals surface area contributed by atoms with E-state index >= 15 is 0 Å². The van der Waals surface area contributed by atoms with Crippen LogP contribution < -0.4 is 5.32 Å². The Balaban J connectivity index is 2.64. The number of terminal acetylenes is 1. The first-order chi connectivity index (χ1) is 10.1. The number of halogens is 1. The van der Waals surface area contributed by atoms with Crippen molar-refractivity contribution in [1.29, 1.82) is 5.26 Å². The summed E-state index contributed by atoms with van der Waals surface area (Å²) in [5, 5.41) is 22.6. The van der Waals surface area contributed by atoms with E-state index in [2.05, 4.69) is 43.2 Å². The third-order valence-electron chi connectivity index (χ3n) is 3.05. The van der Waals surface area contributed by atoms with Gasteiger partial charge in [-0.25, -0.2) is 4.98 Å². The number of aliphatic hydroxyl groups is 1. The molecule has 0 spiro atoms. The van der Waals surface area contributed by atoms with Gasteiger partial charge in [0, 0.05) is 18.0 Å². The first-order valence-corrected chi connectivity index (χ1v) is 7.06. The zero-order chi connectivity index (χ0) is 15.4. The molecule has 106 valence electrons. The minimum absolute atomic E-state index is 0.121. The van der Waals surface area contributed by atoms with Crippen LogP contribution in [0.1, 0.15) is 17.7 Å². The molecule has 2 N–H and O–H groups in total. The number of aryl methyl sites for hydroxylation is 1. The second-order valence-electron chi connectivity index (χ2n) is 4.52. The molecule has 0 unspecified atom stereocenters. The van der Waals surface area contributed by atoms with E-state index in [-0.39, 0.29) is 12.6 Å². The van der Waals surface area contributed by atoms with Crippen LogP contribution in [-0.4, -0.2) is 27.7 Å². The van der Waals surface area contributed by atoms with E-state index < -0.39 is 0 Å². The summed E-state index contributed by atoms with van der Waals surface area (Å²) < 4.78 is 0.657. The van der Waals surface area contributed by atoms with Crippen LogP contribution in [0, 0.1) is 30.6 Å². The minimum atomic E-state index is -0.319. The lowest BCUT2D eigenvalue weighted by molar-refractivity contribution is 0.276. The first kappa shape index (κ1) is 15.2. The van der Waals surface area contributed by atoms with Crippen molar-refractivity contribution in [2.24, 2.45) is 0 Å². The Bertz CT molecular complexity index is 761. The van der Waals surface area contributed by atoms with Gasteiger partial charge >= 0.3 is 0 Å². The molecule has 2 aromatic heterocycles. The standard InChI is InChI=1S/C15H13BrN4O/c1-3-4-11(8-21)20-15-10(6-17)7-18-14-9(2)19-13(16)5-12(14)15/h1,5,7,11,21H,4,8H2,2H3,(H,18,20)/t11-/m1/s1. The summed E-state index contributed by atoms with van der Waals surface area (Å²) in [4.78, 5) is 8.58. The lowest BCUT2D eigenvalue weighted by atomic mass is 10.1. The number of pyridine rings is 2. The van der Waals surface area contributed by atoms with Crippen LogP contribution in [0.2, 0.25) is 0 Å². The van der Waals surface area contributed by atoms with Gasteiger partial charge in [0.15, 0.2) is 0 Å². The molecule has 0 bridgehead atoms. The Hall–Kier alpha value is -2.15. The summed E-state index contributed by atoms with van der Waals surface area (Å²) in [5.41, 5.74) is 2.47. The van der Waals surface area contributed by atoms with E-state index in [4.69, 9.17) is 6.42 Å². The normalized spacial score (nSPS) is 11.7. The molecule has 0 aromatic carbocycles. The van der Waals surface area contributed by atoms with Gasteiger partial charge in [0.1, 0.15) is 10.7 Å². The summed E-state index contributed by atoms with van der Waals surface area (Å²) in [7, 11) is 0. The SMILES string of the molecule is C#CC[C@H](CO)Nc1c(C#N)cnc2c(C)nc(Br)cc12. The highest BCUT2D eigenvalue weighted by molar-refractivity contribution is 9.10. The molecule has 0 radical (unpaired) electrons. The van der Waals surface area contributed by atoms with Crippen LogP contribution in [0.3, 0.4) is 0 Å². The third kappa shape index (κ3) is 3.13. The van der Waals surface area contributed by atoms with E-state index in [9.17, 15) is 10.4 Å². The maximum Gasteiger partial charge on any atom is 0.107 e. The van der Waals surface area contributed by atoms with Crippen molar-refractivity contribution in [1.82, 2.24) is 9.97 Å². The van der Waals surface area contributed by atoms with Crippen molar-refractivity contribution in [2.75, 3.05) is 11.9 Å². The van der Waals surface area contributed by atoms with Crippen LogP contribution in [0.5, 0.6) is 0 Å². The fourth-order valence-corrected chi connectivity index (χ4v) is 2.56. The molecular weight excluding hydrogens is 332 g/mol. The molecule has 0 saturated heterocycles. The van der Waals surface area contributed by atoms with E-state index in [1.807, 2.05) is 6.92 Å². The van der Waals surface area contributed by atoms with Crippen molar-refractivity contribution >= 4 is 32.5 Å². The zero-order valence-electron chi connectivity index (χ0n) is 11.4. The van der Waals surface area contributed by atoms with Gasteiger partial charge in [-0.05, 0) is 28.9 Å². The molecule has 0 amide bonds. The highest BCUT2D eigenvalue weighted by Gasteiger charge is 2.15. The van der Waals surface area contributed by atoms with Crippen molar-refractivity contribution in [2.45, 2.75) is 19.4 Å². The Morgan fingerprint density at radius 1 is 1.57 bits per heavy atom. The minimum Gasteiger partial charge on any atom is -0.394 e. The van der Waals surface area contributed by atoms with Gasteiger partial charge < -0.3 is 10.4 Å². The Morgan fingerprint density at radius 3 is 2.95 bits per heavy atom. The number of nitrogens with one attached hydrogen (secondary N) is 1. The molecule has 5 nitrogen and oxygen atoms in total. The molecule has 6 heteroatoms. The number of anilines is 1. The maximum atomic E-state index is 9.39. The Morgan fingerprint density at radius 2 is 2.33 bits per heavy atom. The van der Waals surface area contributed by atoms with Crippen LogP contribution in [0.25, 0.3) is 10.9 Å². The average molecular weight is 345 g/mol. The van der Waals surface area contributed by atoms with Crippen LogP contribution in [0.4, 0.5) is 5.69 Å². The predicted octanol–water partition coefficient (Wildman–Crippen LogP) is 2.37. The fraction of sp³-hybridized carbons (Fsp3) is 0.267. The number of nitrogens with zero attached hydrogens (tertiary/aromatic N) is 3. The number of hydrogen-bond acceptors (Lipinski definition) is 5. The van der Waals surface area contributed by atoms with Crippen LogP contribution in [0.15, 0.2) is 16.9 Å². The number of aromatic nitrogens is 2. The van der Waals surface area contributed by atoms with Crippen molar-refractivity contribution in [3.05, 3.63) is 28.1 Å². The van der Waals surface area contributed by atoms with Crippen LogP contribution in [-0.2, 0) is 0 Å². The smallest absolute Gasteiger partial charge is 0.107 e. The van der Waals surface area contributed by atoms with Crippen molar-refractivity contribution in [3.63, 3.8) is 0 Å². The summed E-state index contributed by atoms with van der Waals surface area (Å²) in [5.74, 6) is 2.50. The Labute approximate surface area is 131 Å². The molecule has 1 atom stereocenters. The second-order valence-corrected chi connectivity index (χ2v) is 5.33. The van der Waals surface area contributed by atoms with E-state index in [1.54, 1.807) is 6.07 Å². The summed E-state index contributed by atoms with van der Waals surface area (Å²) in [6, 6.07) is 3.58. The van der Waals surface area contributed by atoms with Gasteiger partial charge in [-0.3, -0.25) is 4.98 Å². The van der Waals surface area contributed by atoms with E-state index in [1.165, 1.54) is 6.20 Å². The second kappa shape index (κ2) is 6.53. The van der Waals surface area contributed by atoms with Crippen molar-refractivity contribution in [3.8, 4) is 18.4 Å². The molecular formula is C15H13BrN4O. The monoisotopic (exact) mass is 344 g/mol. The molecule has 0 saturated carbocycles. The zero-order valence-corrected chi connectivity index (χ0v) is 13.0. The first-order valence-electron chi connectivity index (χ1n) is 6.27. The molecule has 2 heterocycles. The average Bonchev–Trinajstić information content (AvgIpc) is 2.47. The summed E-state index contributed by atoms with van der Waals surface area (Å²) in [6.07, 6.45) is 7.15. The van der Waals surface area contributed by atoms with Crippen LogP contribution >= 0.6 is 15.9 Å². The number of aliphatic hydroxyl groups excluding tert-OH is 1. The maximum absolute atomic E-state index is 9.39. The van der Waals surface area contributed by atoms with E-state index in [0.717, 1.165) is 11.1 Å². The van der Waals surface area contributed by atoms with Gasteiger partial charge in [0.25, 0.3) is 0 Å². The summed E-state index contributed by atoms with van der Waals surface area (Å²) >= 11 is 3.35. The van der Waals surface area contributed by atoms with Gasteiger partial charge in [-0.2, -0.15) is 5.26 Å². The summed E-state index contributed by atoms with van der Waals surface area (Å²) in [6.45, 7) is 1.73. The number of rotatable bonds is 4. The highest BCUT2D eigenvalue weighted by atomic mass is 79.9. The van der Waals surface area contributed by atoms with E-state index in [0.29, 0.717) is 27.8 Å². The largest absolute Gasteiger partial charge is 0.394 e. The number of hydrogen-bond donors (Lipinski definition) is 2. The topological polar surface area (TPSA) is 81.8 Å². The van der Waals surface area contributed by atoms with Gasteiger partial charge in [-0.15, -0.1) is 12.3 Å². The quantitative estimate of drug-likeness (QED) is 0.657. The lowest BCUT2D eigenvalue weighted by Gasteiger charge is -2.18. The molecule has 0 aliphatic rings. The third-order valence-corrected chi connectivity index (χ3v) is 3.46. The van der Waals surface area contributed by atoms with Crippen molar-refractivity contribution < 1.29 is 5.11 Å². The molecule has 2 aromatic rings. The molecule has 2 rings (SSSR count). The lowest BCUT2D eigenvalue weighted by Crippen LogP contribution is -2.24. The molecule has 0 aliphatic heterocycles. The predicted molar refractivity (Wildman–Crippen MR) is 84.6 cm³/mol. The number of fused-ring (bicyclic) bond motifs is 1. The number of nitriles is 1. The molecule has 21 heavy (non-hydrogen) atoms. The van der Waals surface area contributed by atoms with Gasteiger partial charge in [0.05, 0.1) is 35.1 Å². The molecule has 0 fully saturated rings. The van der Waals surface area contributed by atoms with Gasteiger partial charge in [0.2, 0.25) is 0 Å². The highest BCUT2D eigenvalue weighted by Crippen LogP contribution is 2.29. The molecule has 0 aliphatic carbocycles. The fourth-order valence-electron chi connectivity index (χ4n) is 2.07. The van der Waals surface area contributed by atoms with Gasteiger partial charge in [-0.1, -0.05) is 0 Å².